The van der Waals surface area contributed by atoms with Crippen molar-refractivity contribution in [1.29, 1.82) is 0 Å². The molecule has 1 unspecified atom stereocenters. The first-order valence-electron chi connectivity index (χ1n) is 10.8. The second-order valence-electron chi connectivity index (χ2n) is 9.50. The zero-order chi connectivity index (χ0) is 20.0. The van der Waals surface area contributed by atoms with Gasteiger partial charge in [0.15, 0.2) is 0 Å². The van der Waals surface area contributed by atoms with Crippen LogP contribution in [0.3, 0.4) is 0 Å². The van der Waals surface area contributed by atoms with Gasteiger partial charge in [-0.25, -0.2) is 4.98 Å². The van der Waals surface area contributed by atoms with Crippen molar-refractivity contribution in [1.82, 2.24) is 14.9 Å². The number of aromatic nitrogens is 2. The third kappa shape index (κ3) is 3.32. The first-order valence-corrected chi connectivity index (χ1v) is 10.8. The smallest absolute Gasteiger partial charge is 0.302 e. The molecule has 6 rings (SSSR count). The lowest BCUT2D eigenvalue weighted by atomic mass is 9.48. The van der Waals surface area contributed by atoms with E-state index in [9.17, 15) is 9.59 Å². The van der Waals surface area contributed by atoms with Gasteiger partial charge in [-0.2, -0.15) is 0 Å². The summed E-state index contributed by atoms with van der Waals surface area (Å²) in [5.74, 6) is 2.96. The van der Waals surface area contributed by atoms with E-state index >= 15 is 0 Å². The molecule has 1 aromatic heterocycles. The van der Waals surface area contributed by atoms with Gasteiger partial charge in [-0.05, 0) is 68.4 Å². The molecule has 0 saturated heterocycles. The topological polar surface area (TPSA) is 73.2 Å². The number of para-hydroxylation sites is 2. The molecule has 2 aromatic rings. The third-order valence-electron chi connectivity index (χ3n) is 7.50. The number of imidazole rings is 1. The van der Waals surface area contributed by atoms with Gasteiger partial charge in [0.05, 0.1) is 24.1 Å². The van der Waals surface area contributed by atoms with E-state index in [1.54, 1.807) is 0 Å². The Bertz CT molecular complexity index is 899. The molecule has 1 aromatic carbocycles. The fourth-order valence-electron chi connectivity index (χ4n) is 6.89. The predicted molar refractivity (Wildman–Crippen MR) is 109 cm³/mol. The third-order valence-corrected chi connectivity index (χ3v) is 7.50. The van der Waals surface area contributed by atoms with Crippen molar-refractivity contribution in [2.45, 2.75) is 64.6 Å². The average molecular weight is 396 g/mol. The van der Waals surface area contributed by atoms with Crippen molar-refractivity contribution in [3.05, 3.63) is 30.1 Å². The molecule has 29 heavy (non-hydrogen) atoms. The number of nitrogens with zero attached hydrogens (tertiary/aromatic N) is 2. The number of fused-ring (bicyclic) bond motifs is 1. The van der Waals surface area contributed by atoms with E-state index in [0.29, 0.717) is 19.5 Å². The number of carbonyl (C=O) groups excluding carboxylic acids is 2. The Kier molecular flexibility index (Phi) is 4.60. The summed E-state index contributed by atoms with van der Waals surface area (Å²) in [6, 6.07) is 8.02. The Balaban J connectivity index is 1.52. The Labute approximate surface area is 171 Å². The van der Waals surface area contributed by atoms with Gasteiger partial charge in [0.1, 0.15) is 11.9 Å². The second-order valence-corrected chi connectivity index (χ2v) is 9.50. The van der Waals surface area contributed by atoms with E-state index in [1.807, 2.05) is 18.2 Å². The maximum atomic E-state index is 12.1. The summed E-state index contributed by atoms with van der Waals surface area (Å²) >= 11 is 0. The number of hydrogen-bond donors (Lipinski definition) is 1. The molecule has 0 spiro atoms. The van der Waals surface area contributed by atoms with Crippen LogP contribution in [0.1, 0.15) is 51.3 Å². The molecular weight excluding hydrogens is 366 g/mol. The maximum Gasteiger partial charge on any atom is 0.302 e. The molecule has 1 amide bonds. The molecule has 1 heterocycles. The van der Waals surface area contributed by atoms with E-state index in [1.165, 1.54) is 45.4 Å². The van der Waals surface area contributed by atoms with Crippen molar-refractivity contribution >= 4 is 23.4 Å². The Morgan fingerprint density at radius 2 is 1.90 bits per heavy atom. The molecule has 6 heteroatoms. The van der Waals surface area contributed by atoms with Gasteiger partial charge in [0.2, 0.25) is 6.41 Å². The SMILES string of the molecule is CC(=O)OC(Cn1c(CNC=O)nc2ccccc21)C12CC3CC(CC(C3)C1)C2. The average Bonchev–Trinajstić information content (AvgIpc) is 3.02. The van der Waals surface area contributed by atoms with Gasteiger partial charge in [-0.15, -0.1) is 0 Å². The number of hydrogen-bond acceptors (Lipinski definition) is 4. The fourth-order valence-corrected chi connectivity index (χ4v) is 6.89. The highest BCUT2D eigenvalue weighted by Crippen LogP contribution is 2.62. The number of ether oxygens (including phenoxy) is 1. The zero-order valence-corrected chi connectivity index (χ0v) is 17.0. The molecule has 0 aliphatic heterocycles. The van der Waals surface area contributed by atoms with Crippen LogP contribution in [0.25, 0.3) is 11.0 Å². The molecule has 6 nitrogen and oxygen atoms in total. The van der Waals surface area contributed by atoms with Crippen LogP contribution in [-0.4, -0.2) is 28.0 Å². The van der Waals surface area contributed by atoms with E-state index in [2.05, 4.69) is 16.0 Å². The summed E-state index contributed by atoms with van der Waals surface area (Å²) in [6.07, 6.45) is 8.13. The summed E-state index contributed by atoms with van der Waals surface area (Å²) in [7, 11) is 0. The summed E-state index contributed by atoms with van der Waals surface area (Å²) in [6.45, 7) is 2.49. The number of rotatable bonds is 7. The molecule has 1 N–H and O–H groups in total. The number of esters is 1. The highest BCUT2D eigenvalue weighted by molar-refractivity contribution is 5.76. The lowest BCUT2D eigenvalue weighted by Gasteiger charge is -2.58. The van der Waals surface area contributed by atoms with Crippen LogP contribution in [0.2, 0.25) is 0 Å². The summed E-state index contributed by atoms with van der Waals surface area (Å²) in [4.78, 5) is 27.7. The van der Waals surface area contributed by atoms with Gasteiger partial charge in [-0.3, -0.25) is 9.59 Å². The fraction of sp³-hybridized carbons (Fsp3) is 0.609. The van der Waals surface area contributed by atoms with Crippen LogP contribution in [0.5, 0.6) is 0 Å². The molecule has 4 aliphatic carbocycles. The normalized spacial score (nSPS) is 31.0. The second kappa shape index (κ2) is 7.15. The van der Waals surface area contributed by atoms with Crippen LogP contribution in [-0.2, 0) is 27.4 Å². The van der Waals surface area contributed by atoms with Crippen molar-refractivity contribution in [3.63, 3.8) is 0 Å². The molecule has 4 aliphatic rings. The molecule has 4 bridgehead atoms. The van der Waals surface area contributed by atoms with Gasteiger partial charge < -0.3 is 14.6 Å². The molecule has 1 atom stereocenters. The minimum atomic E-state index is -0.206. The van der Waals surface area contributed by atoms with Crippen molar-refractivity contribution < 1.29 is 14.3 Å². The lowest BCUT2D eigenvalue weighted by molar-refractivity contribution is -0.173. The van der Waals surface area contributed by atoms with Crippen molar-refractivity contribution in [2.75, 3.05) is 0 Å². The van der Waals surface area contributed by atoms with Crippen molar-refractivity contribution in [3.8, 4) is 0 Å². The van der Waals surface area contributed by atoms with Gasteiger partial charge >= 0.3 is 5.97 Å². The number of benzene rings is 1. The highest BCUT2D eigenvalue weighted by atomic mass is 16.5. The number of amides is 1. The van der Waals surface area contributed by atoms with Crippen LogP contribution >= 0.6 is 0 Å². The monoisotopic (exact) mass is 395 g/mol. The maximum absolute atomic E-state index is 12.1. The standard InChI is InChI=1S/C23H29N3O3/c1-15(28)29-21(23-9-16-6-17(10-23)8-18(7-16)11-23)13-26-20-5-3-2-4-19(20)25-22(26)12-24-14-27/h2-5,14,16-18,21H,6-13H2,1H3,(H,24,27). The van der Waals surface area contributed by atoms with Crippen LogP contribution in [0.15, 0.2) is 24.3 Å². The summed E-state index contributed by atoms with van der Waals surface area (Å²) < 4.78 is 8.19. The summed E-state index contributed by atoms with van der Waals surface area (Å²) in [5.41, 5.74) is 2.01. The van der Waals surface area contributed by atoms with Crippen LogP contribution in [0.4, 0.5) is 0 Å². The zero-order valence-electron chi connectivity index (χ0n) is 17.0. The Hall–Kier alpha value is -2.37. The Morgan fingerprint density at radius 1 is 1.24 bits per heavy atom. The van der Waals surface area contributed by atoms with Crippen LogP contribution in [0, 0.1) is 23.2 Å². The van der Waals surface area contributed by atoms with Gasteiger partial charge in [0, 0.05) is 12.3 Å². The summed E-state index contributed by atoms with van der Waals surface area (Å²) in [5, 5.41) is 2.74. The first-order chi connectivity index (χ1) is 14.1. The first kappa shape index (κ1) is 18.6. The minimum Gasteiger partial charge on any atom is -0.460 e. The lowest BCUT2D eigenvalue weighted by Crippen LogP contribution is -2.54. The highest BCUT2D eigenvalue weighted by Gasteiger charge is 2.55. The van der Waals surface area contributed by atoms with Crippen LogP contribution < -0.4 is 5.32 Å². The number of carbonyl (C=O) groups is 2. The predicted octanol–water partition coefficient (Wildman–Crippen LogP) is 3.43. The molecule has 4 saturated carbocycles. The van der Waals surface area contributed by atoms with E-state index in [0.717, 1.165) is 34.6 Å². The molecule has 4 fully saturated rings. The molecule has 0 radical (unpaired) electrons. The minimum absolute atomic E-state index is 0.0845. The van der Waals surface area contributed by atoms with Gasteiger partial charge in [-0.1, -0.05) is 12.1 Å². The van der Waals surface area contributed by atoms with Gasteiger partial charge in [0.25, 0.3) is 0 Å². The largest absolute Gasteiger partial charge is 0.460 e. The number of nitrogens with one attached hydrogen (secondary N) is 1. The van der Waals surface area contributed by atoms with E-state index in [-0.39, 0.29) is 17.5 Å². The van der Waals surface area contributed by atoms with E-state index in [4.69, 9.17) is 9.72 Å². The van der Waals surface area contributed by atoms with Crippen molar-refractivity contribution in [2.24, 2.45) is 23.2 Å². The Morgan fingerprint density at radius 3 is 2.52 bits per heavy atom. The van der Waals surface area contributed by atoms with E-state index < -0.39 is 0 Å². The quantitative estimate of drug-likeness (QED) is 0.576. The molecule has 154 valence electrons. The molecular formula is C23H29N3O3.